The Morgan fingerprint density at radius 1 is 1.03 bits per heavy atom. The molecule has 160 valence electrons. The second-order valence-corrected chi connectivity index (χ2v) is 8.08. The van der Waals surface area contributed by atoms with E-state index in [2.05, 4.69) is 10.3 Å². The van der Waals surface area contributed by atoms with Gasteiger partial charge in [-0.05, 0) is 53.2 Å². The predicted octanol–water partition coefficient (Wildman–Crippen LogP) is 3.65. The second kappa shape index (κ2) is 9.03. The largest absolute Gasteiger partial charge is 0.478 e. The van der Waals surface area contributed by atoms with Gasteiger partial charge in [0.25, 0.3) is 11.1 Å². The van der Waals surface area contributed by atoms with E-state index < -0.39 is 11.2 Å². The molecule has 1 fully saturated rings. The molecule has 1 aliphatic rings. The first-order valence-corrected chi connectivity index (χ1v) is 10.5. The van der Waals surface area contributed by atoms with E-state index in [0.29, 0.717) is 16.8 Å². The molecule has 0 saturated carbocycles. The molecule has 2 heterocycles. The zero-order valence-corrected chi connectivity index (χ0v) is 17.4. The van der Waals surface area contributed by atoms with E-state index in [4.69, 9.17) is 0 Å². The van der Waals surface area contributed by atoms with Gasteiger partial charge in [0.1, 0.15) is 5.25 Å². The standard InChI is InChI=1S/C23H17N3O5S/c27-20-19(32-23(31)25-20)15-8-6-14(7-9-15)13-26(21(28)17-4-2-10-24-12-17)18-5-1-3-16(11-18)22(29)30/h1-12,19H,13H2,(H,29,30)(H,25,27,31). The molecule has 32 heavy (non-hydrogen) atoms. The van der Waals surface area contributed by atoms with Gasteiger partial charge in [0.05, 0.1) is 17.7 Å². The van der Waals surface area contributed by atoms with Crippen LogP contribution in [0.15, 0.2) is 73.1 Å². The predicted molar refractivity (Wildman–Crippen MR) is 118 cm³/mol. The number of thioether (sulfide) groups is 1. The highest BCUT2D eigenvalue weighted by Crippen LogP contribution is 2.34. The van der Waals surface area contributed by atoms with Crippen LogP contribution in [0.1, 0.15) is 37.1 Å². The van der Waals surface area contributed by atoms with E-state index in [1.165, 1.54) is 23.2 Å². The van der Waals surface area contributed by atoms with Gasteiger partial charge >= 0.3 is 5.97 Å². The van der Waals surface area contributed by atoms with Crippen LogP contribution in [0.2, 0.25) is 0 Å². The molecule has 2 N–H and O–H groups in total. The summed E-state index contributed by atoms with van der Waals surface area (Å²) in [6, 6.07) is 16.5. The first-order valence-electron chi connectivity index (χ1n) is 9.58. The lowest BCUT2D eigenvalue weighted by Crippen LogP contribution is -2.30. The molecule has 1 aliphatic heterocycles. The Morgan fingerprint density at radius 3 is 2.41 bits per heavy atom. The summed E-state index contributed by atoms with van der Waals surface area (Å²) in [5.41, 5.74) is 2.30. The van der Waals surface area contributed by atoms with Crippen molar-refractivity contribution in [2.75, 3.05) is 4.90 Å². The highest BCUT2D eigenvalue weighted by Gasteiger charge is 2.32. The molecule has 1 aromatic heterocycles. The van der Waals surface area contributed by atoms with Gasteiger partial charge in [-0.25, -0.2) is 4.79 Å². The average molecular weight is 447 g/mol. The van der Waals surface area contributed by atoms with Crippen molar-refractivity contribution in [2.24, 2.45) is 0 Å². The van der Waals surface area contributed by atoms with Crippen LogP contribution >= 0.6 is 11.8 Å². The maximum Gasteiger partial charge on any atom is 0.335 e. The van der Waals surface area contributed by atoms with Gasteiger partial charge in [0.15, 0.2) is 0 Å². The summed E-state index contributed by atoms with van der Waals surface area (Å²) in [5, 5.41) is 10.6. The van der Waals surface area contributed by atoms with E-state index in [1.807, 2.05) is 0 Å². The minimum Gasteiger partial charge on any atom is -0.478 e. The number of anilines is 1. The number of carbonyl (C=O) groups excluding carboxylic acids is 3. The maximum atomic E-state index is 13.2. The number of imide groups is 1. The number of nitrogens with one attached hydrogen (secondary N) is 1. The van der Waals surface area contributed by atoms with E-state index in [1.54, 1.807) is 54.7 Å². The molecule has 3 amide bonds. The Labute approximate surface area is 187 Å². The van der Waals surface area contributed by atoms with Crippen molar-refractivity contribution in [2.45, 2.75) is 11.8 Å². The van der Waals surface area contributed by atoms with Crippen molar-refractivity contribution >= 4 is 40.5 Å². The van der Waals surface area contributed by atoms with Gasteiger partial charge in [-0.3, -0.25) is 24.7 Å². The number of amides is 3. The molecule has 8 nitrogen and oxygen atoms in total. The van der Waals surface area contributed by atoms with Crippen molar-refractivity contribution in [3.05, 3.63) is 95.3 Å². The van der Waals surface area contributed by atoms with Gasteiger partial charge in [-0.15, -0.1) is 0 Å². The van der Waals surface area contributed by atoms with Crippen LogP contribution in [0.25, 0.3) is 0 Å². The fourth-order valence-corrected chi connectivity index (χ4v) is 4.12. The van der Waals surface area contributed by atoms with Crippen LogP contribution in [0.4, 0.5) is 10.5 Å². The molecule has 4 rings (SSSR count). The Hall–Kier alpha value is -3.98. The SMILES string of the molecule is O=C1NC(=O)C(c2ccc(CN(C(=O)c3cccnc3)c3cccc(C(=O)O)c3)cc2)S1. The quantitative estimate of drug-likeness (QED) is 0.592. The van der Waals surface area contributed by atoms with E-state index >= 15 is 0 Å². The molecule has 0 spiro atoms. The topological polar surface area (TPSA) is 117 Å². The number of rotatable bonds is 6. The maximum absolute atomic E-state index is 13.2. The van der Waals surface area contributed by atoms with E-state index in [-0.39, 0.29) is 29.2 Å². The summed E-state index contributed by atoms with van der Waals surface area (Å²) in [6.07, 6.45) is 3.01. The summed E-state index contributed by atoms with van der Waals surface area (Å²) in [7, 11) is 0. The Balaban J connectivity index is 1.64. The van der Waals surface area contributed by atoms with E-state index in [9.17, 15) is 24.3 Å². The normalized spacial score (nSPS) is 15.3. The van der Waals surface area contributed by atoms with Crippen LogP contribution in [-0.4, -0.2) is 33.1 Å². The van der Waals surface area contributed by atoms with Crippen molar-refractivity contribution in [3.63, 3.8) is 0 Å². The lowest BCUT2D eigenvalue weighted by atomic mass is 10.1. The Kier molecular flexibility index (Phi) is 6.00. The van der Waals surface area contributed by atoms with Crippen molar-refractivity contribution in [1.82, 2.24) is 10.3 Å². The van der Waals surface area contributed by atoms with Crippen molar-refractivity contribution in [3.8, 4) is 0 Å². The smallest absolute Gasteiger partial charge is 0.335 e. The number of aromatic carboxylic acids is 1. The number of hydrogen-bond donors (Lipinski definition) is 2. The number of carboxylic acids is 1. The molecule has 3 aromatic rings. The molecule has 1 unspecified atom stereocenters. The fraction of sp³-hybridized carbons (Fsp3) is 0.0870. The first kappa shape index (κ1) is 21.3. The highest BCUT2D eigenvalue weighted by molar-refractivity contribution is 8.15. The highest BCUT2D eigenvalue weighted by atomic mass is 32.2. The van der Waals surface area contributed by atoms with Gasteiger partial charge < -0.3 is 10.0 Å². The number of benzene rings is 2. The third-order valence-electron chi connectivity index (χ3n) is 4.87. The molecular weight excluding hydrogens is 430 g/mol. The molecule has 2 aromatic carbocycles. The molecular formula is C23H17N3O5S. The molecule has 1 saturated heterocycles. The fourth-order valence-electron chi connectivity index (χ4n) is 3.29. The first-order chi connectivity index (χ1) is 15.4. The van der Waals surface area contributed by atoms with Gasteiger partial charge in [0, 0.05) is 18.1 Å². The van der Waals surface area contributed by atoms with Crippen LogP contribution in [0.3, 0.4) is 0 Å². The number of aromatic nitrogens is 1. The van der Waals surface area contributed by atoms with E-state index in [0.717, 1.165) is 17.3 Å². The van der Waals surface area contributed by atoms with Crippen molar-refractivity contribution < 1.29 is 24.3 Å². The molecule has 9 heteroatoms. The second-order valence-electron chi connectivity index (χ2n) is 7.00. The van der Waals surface area contributed by atoms with Crippen LogP contribution in [0.5, 0.6) is 0 Å². The molecule has 0 aliphatic carbocycles. The zero-order valence-electron chi connectivity index (χ0n) is 16.6. The summed E-state index contributed by atoms with van der Waals surface area (Å²) in [6.45, 7) is 0.167. The molecule has 0 radical (unpaired) electrons. The lowest BCUT2D eigenvalue weighted by molar-refractivity contribution is -0.119. The monoisotopic (exact) mass is 447 g/mol. The molecule has 0 bridgehead atoms. The number of nitrogens with zero attached hydrogens (tertiary/aromatic N) is 2. The number of carbonyl (C=O) groups is 4. The molecule has 1 atom stereocenters. The average Bonchev–Trinajstić information content (AvgIpc) is 3.16. The minimum atomic E-state index is -1.09. The number of hydrogen-bond acceptors (Lipinski definition) is 6. The summed E-state index contributed by atoms with van der Waals surface area (Å²) < 4.78 is 0. The van der Waals surface area contributed by atoms with Gasteiger partial charge in [-0.1, -0.05) is 30.3 Å². The third-order valence-corrected chi connectivity index (χ3v) is 5.91. The number of pyridine rings is 1. The zero-order chi connectivity index (χ0) is 22.7. The minimum absolute atomic E-state index is 0.0655. The summed E-state index contributed by atoms with van der Waals surface area (Å²) in [4.78, 5) is 53.4. The number of carboxylic acid groups (broad SMARTS) is 1. The third kappa shape index (κ3) is 4.52. The van der Waals surface area contributed by atoms with Crippen LogP contribution < -0.4 is 10.2 Å². The van der Waals surface area contributed by atoms with Crippen LogP contribution in [-0.2, 0) is 11.3 Å². The Bertz CT molecular complexity index is 1200. The van der Waals surface area contributed by atoms with Crippen molar-refractivity contribution in [1.29, 1.82) is 0 Å². The van der Waals surface area contributed by atoms with Crippen LogP contribution in [0, 0.1) is 0 Å². The summed E-state index contributed by atoms with van der Waals surface area (Å²) >= 11 is 0.923. The lowest BCUT2D eigenvalue weighted by Gasteiger charge is -2.23. The summed E-state index contributed by atoms with van der Waals surface area (Å²) in [5.74, 6) is -1.78. The Morgan fingerprint density at radius 2 is 1.78 bits per heavy atom. The van der Waals surface area contributed by atoms with Gasteiger partial charge in [-0.2, -0.15) is 0 Å². The van der Waals surface area contributed by atoms with Gasteiger partial charge in [0.2, 0.25) is 5.91 Å².